The van der Waals surface area contributed by atoms with Gasteiger partial charge in [-0.05, 0) is 64.4 Å². The van der Waals surface area contributed by atoms with Gasteiger partial charge in [0, 0.05) is 36.0 Å². The van der Waals surface area contributed by atoms with Gasteiger partial charge < -0.3 is 14.5 Å². The normalized spacial score (nSPS) is 15.1. The quantitative estimate of drug-likeness (QED) is 0.515. The average Bonchev–Trinajstić information content (AvgIpc) is 2.68. The first-order valence-electron chi connectivity index (χ1n) is 10.5. The van der Waals surface area contributed by atoms with Crippen molar-refractivity contribution in [2.45, 2.75) is 56.2 Å². The van der Waals surface area contributed by atoms with Crippen molar-refractivity contribution >= 4 is 23.5 Å². The van der Waals surface area contributed by atoms with Crippen LogP contribution in [0.1, 0.15) is 37.5 Å². The van der Waals surface area contributed by atoms with E-state index < -0.39 is 17.3 Å². The number of carbonyl (C=O) groups is 1. The smallest absolute Gasteiger partial charge is 0.416 e. The zero-order valence-electron chi connectivity index (χ0n) is 19.0. The van der Waals surface area contributed by atoms with Crippen LogP contribution in [-0.4, -0.2) is 42.8 Å². The van der Waals surface area contributed by atoms with Gasteiger partial charge in [-0.25, -0.2) is 4.79 Å². The van der Waals surface area contributed by atoms with Crippen molar-refractivity contribution in [2.24, 2.45) is 0 Å². The number of hydrogen-bond acceptors (Lipinski definition) is 4. The zero-order chi connectivity index (χ0) is 23.7. The number of piperazine rings is 1. The van der Waals surface area contributed by atoms with E-state index in [1.165, 1.54) is 23.9 Å². The minimum atomic E-state index is -4.41. The number of benzene rings is 2. The van der Waals surface area contributed by atoms with Crippen LogP contribution in [0.15, 0.2) is 46.2 Å². The molecule has 1 aliphatic rings. The predicted molar refractivity (Wildman–Crippen MR) is 122 cm³/mol. The Bertz CT molecular complexity index is 978. The van der Waals surface area contributed by atoms with Gasteiger partial charge in [0.2, 0.25) is 0 Å². The molecular formula is C24H29F3N2O2S. The largest absolute Gasteiger partial charge is 0.444 e. The molecule has 0 spiro atoms. The number of anilines is 1. The van der Waals surface area contributed by atoms with E-state index in [2.05, 4.69) is 0 Å². The Balaban J connectivity index is 1.84. The number of carbonyl (C=O) groups excluding carboxylic acids is 1. The number of aryl methyl sites for hydroxylation is 2. The highest BCUT2D eigenvalue weighted by Gasteiger charge is 2.32. The van der Waals surface area contributed by atoms with Gasteiger partial charge in [0.15, 0.2) is 0 Å². The van der Waals surface area contributed by atoms with E-state index in [0.29, 0.717) is 31.1 Å². The van der Waals surface area contributed by atoms with E-state index in [0.717, 1.165) is 27.8 Å². The molecule has 1 saturated heterocycles. The number of ether oxygens (including phenoxy) is 1. The molecule has 3 rings (SSSR count). The predicted octanol–water partition coefficient (Wildman–Crippen LogP) is 6.53. The Labute approximate surface area is 191 Å². The van der Waals surface area contributed by atoms with Crippen molar-refractivity contribution in [3.63, 3.8) is 0 Å². The zero-order valence-corrected chi connectivity index (χ0v) is 19.9. The molecule has 8 heteroatoms. The summed E-state index contributed by atoms with van der Waals surface area (Å²) in [6.07, 6.45) is -4.78. The first-order valence-corrected chi connectivity index (χ1v) is 11.3. The maximum absolute atomic E-state index is 13.4. The molecule has 0 N–H and O–H groups in total. The molecule has 32 heavy (non-hydrogen) atoms. The Kier molecular flexibility index (Phi) is 7.03. The molecule has 2 aromatic rings. The molecule has 4 nitrogen and oxygen atoms in total. The third-order valence-electron chi connectivity index (χ3n) is 5.11. The van der Waals surface area contributed by atoms with Crippen molar-refractivity contribution in [2.75, 3.05) is 31.1 Å². The number of rotatable bonds is 3. The van der Waals surface area contributed by atoms with E-state index >= 15 is 0 Å². The van der Waals surface area contributed by atoms with E-state index in [9.17, 15) is 18.0 Å². The molecule has 0 bridgehead atoms. The molecule has 1 heterocycles. The monoisotopic (exact) mass is 466 g/mol. The minimum absolute atomic E-state index is 0.366. The first-order chi connectivity index (χ1) is 14.8. The molecule has 1 aliphatic heterocycles. The van der Waals surface area contributed by atoms with Crippen molar-refractivity contribution < 1.29 is 22.7 Å². The van der Waals surface area contributed by atoms with Crippen LogP contribution >= 0.6 is 11.8 Å². The van der Waals surface area contributed by atoms with Gasteiger partial charge in [0.1, 0.15) is 5.60 Å². The summed E-state index contributed by atoms with van der Waals surface area (Å²) < 4.78 is 45.7. The van der Waals surface area contributed by atoms with Gasteiger partial charge >= 0.3 is 12.3 Å². The lowest BCUT2D eigenvalue weighted by molar-refractivity contribution is -0.137. The minimum Gasteiger partial charge on any atom is -0.444 e. The van der Waals surface area contributed by atoms with Crippen LogP contribution in [0.25, 0.3) is 0 Å². The lowest BCUT2D eigenvalue weighted by Crippen LogP contribution is -2.50. The summed E-state index contributed by atoms with van der Waals surface area (Å²) >= 11 is 1.34. The van der Waals surface area contributed by atoms with E-state index in [1.807, 2.05) is 57.7 Å². The number of nitrogens with zero attached hydrogens (tertiary/aromatic N) is 2. The van der Waals surface area contributed by atoms with Gasteiger partial charge in [-0.3, -0.25) is 0 Å². The van der Waals surface area contributed by atoms with Crippen molar-refractivity contribution in [1.29, 1.82) is 0 Å². The van der Waals surface area contributed by atoms with Crippen LogP contribution < -0.4 is 4.90 Å². The summed E-state index contributed by atoms with van der Waals surface area (Å²) in [7, 11) is 0. The topological polar surface area (TPSA) is 32.8 Å². The average molecular weight is 467 g/mol. The van der Waals surface area contributed by atoms with E-state index in [4.69, 9.17) is 4.74 Å². The molecule has 0 saturated carbocycles. The SMILES string of the molecule is Cc1ccc(Sc2cc(C(F)(F)F)ccc2N2CCN(C(=O)OC(C)(C)C)CC2)c(C)c1. The molecule has 0 aliphatic carbocycles. The van der Waals surface area contributed by atoms with Crippen LogP contribution in [-0.2, 0) is 10.9 Å². The number of amides is 1. The fourth-order valence-electron chi connectivity index (χ4n) is 3.52. The Morgan fingerprint density at radius 2 is 1.59 bits per heavy atom. The molecule has 174 valence electrons. The fourth-order valence-corrected chi connectivity index (χ4v) is 4.60. The van der Waals surface area contributed by atoms with E-state index in [1.54, 1.807) is 4.90 Å². The summed E-state index contributed by atoms with van der Waals surface area (Å²) in [6.45, 7) is 11.3. The van der Waals surface area contributed by atoms with Gasteiger partial charge in [0.05, 0.1) is 11.3 Å². The molecule has 2 aromatic carbocycles. The Morgan fingerprint density at radius 3 is 2.16 bits per heavy atom. The van der Waals surface area contributed by atoms with Gasteiger partial charge in [-0.15, -0.1) is 0 Å². The fraction of sp³-hybridized carbons (Fsp3) is 0.458. The third kappa shape index (κ3) is 6.12. The highest BCUT2D eigenvalue weighted by Crippen LogP contribution is 2.41. The maximum atomic E-state index is 13.4. The second-order valence-electron chi connectivity index (χ2n) is 9.01. The van der Waals surface area contributed by atoms with Crippen LogP contribution in [0.4, 0.5) is 23.7 Å². The van der Waals surface area contributed by atoms with E-state index in [-0.39, 0.29) is 6.09 Å². The molecule has 1 amide bonds. The molecule has 1 fully saturated rings. The maximum Gasteiger partial charge on any atom is 0.416 e. The van der Waals surface area contributed by atoms with Crippen molar-refractivity contribution in [3.05, 3.63) is 53.1 Å². The summed E-state index contributed by atoms with van der Waals surface area (Å²) in [5.41, 5.74) is 1.63. The first kappa shape index (κ1) is 24.3. The molecule has 0 atom stereocenters. The van der Waals surface area contributed by atoms with Crippen LogP contribution in [0.5, 0.6) is 0 Å². The number of hydrogen-bond donors (Lipinski definition) is 0. The second-order valence-corrected chi connectivity index (χ2v) is 10.1. The van der Waals surface area contributed by atoms with Crippen LogP contribution in [0.2, 0.25) is 0 Å². The summed E-state index contributed by atoms with van der Waals surface area (Å²) in [5.74, 6) is 0. The van der Waals surface area contributed by atoms with Crippen LogP contribution in [0.3, 0.4) is 0 Å². The highest BCUT2D eigenvalue weighted by atomic mass is 32.2. The lowest BCUT2D eigenvalue weighted by atomic mass is 10.1. The second kappa shape index (κ2) is 9.25. The number of alkyl halides is 3. The standard InChI is InChI=1S/C24H29F3N2O2S/c1-16-6-9-20(17(2)14-16)32-21-15-18(24(25,26)27)7-8-19(21)28-10-12-29(13-11-28)22(30)31-23(3,4)5/h6-9,14-15H,10-13H2,1-5H3. The van der Waals surface area contributed by atoms with Crippen LogP contribution in [0, 0.1) is 13.8 Å². The van der Waals surface area contributed by atoms with Crippen molar-refractivity contribution in [1.82, 2.24) is 4.90 Å². The number of halogens is 3. The van der Waals surface area contributed by atoms with Crippen molar-refractivity contribution in [3.8, 4) is 0 Å². The third-order valence-corrected chi connectivity index (χ3v) is 6.33. The molecule has 0 unspecified atom stereocenters. The Morgan fingerprint density at radius 1 is 0.938 bits per heavy atom. The molecule has 0 aromatic heterocycles. The Hall–Kier alpha value is -2.35. The van der Waals surface area contributed by atoms with Gasteiger partial charge in [0.25, 0.3) is 0 Å². The summed E-state index contributed by atoms with van der Waals surface area (Å²) in [4.78, 5) is 17.5. The van der Waals surface area contributed by atoms with Gasteiger partial charge in [-0.2, -0.15) is 13.2 Å². The van der Waals surface area contributed by atoms with Gasteiger partial charge in [-0.1, -0.05) is 29.5 Å². The molecular weight excluding hydrogens is 437 g/mol. The highest BCUT2D eigenvalue weighted by molar-refractivity contribution is 7.99. The molecule has 0 radical (unpaired) electrons. The summed E-state index contributed by atoms with van der Waals surface area (Å²) in [6, 6.07) is 9.82. The summed E-state index contributed by atoms with van der Waals surface area (Å²) in [5, 5.41) is 0. The lowest BCUT2D eigenvalue weighted by Gasteiger charge is -2.37.